The van der Waals surface area contributed by atoms with Crippen molar-refractivity contribution in [1.82, 2.24) is 19.8 Å². The van der Waals surface area contributed by atoms with Crippen LogP contribution in [0.25, 0.3) is 0 Å². The van der Waals surface area contributed by atoms with Gasteiger partial charge >= 0.3 is 12.1 Å². The Morgan fingerprint density at radius 1 is 1.11 bits per heavy atom. The number of carbonyl (C=O) groups is 1. The van der Waals surface area contributed by atoms with Crippen LogP contribution in [0.1, 0.15) is 72.1 Å². The lowest BCUT2D eigenvalue weighted by Crippen LogP contribution is -2.59. The molecule has 1 aromatic rings. The summed E-state index contributed by atoms with van der Waals surface area (Å²) in [6.45, 7) is 18.7. The molecule has 3 rings (SSSR count). The Morgan fingerprint density at radius 2 is 1.78 bits per heavy atom. The molecule has 2 atom stereocenters. The van der Waals surface area contributed by atoms with E-state index in [0.717, 1.165) is 75.6 Å². The fourth-order valence-corrected chi connectivity index (χ4v) is 5.05. The number of amides is 1. The van der Waals surface area contributed by atoms with Crippen LogP contribution in [0.5, 0.6) is 6.01 Å². The fourth-order valence-electron chi connectivity index (χ4n) is 5.05. The average Bonchev–Trinajstić information content (AvgIpc) is 2.84. The molecule has 2 N–H and O–H groups in total. The monoisotopic (exact) mass is 520 g/mol. The Hall–Kier alpha value is -2.17. The first kappa shape index (κ1) is 29.4. The van der Waals surface area contributed by atoms with E-state index in [4.69, 9.17) is 29.9 Å². The molecule has 37 heavy (non-hydrogen) atoms. The predicted molar refractivity (Wildman–Crippen MR) is 145 cm³/mol. The summed E-state index contributed by atoms with van der Waals surface area (Å²) >= 11 is 0. The molecule has 3 heterocycles. The minimum Gasteiger partial charge on any atom is -0.463 e. The second kappa shape index (κ2) is 13.6. The molecule has 10 heteroatoms. The highest BCUT2D eigenvalue weighted by Gasteiger charge is 2.37. The molecule has 2 saturated heterocycles. The van der Waals surface area contributed by atoms with E-state index in [1.54, 1.807) is 0 Å². The molecule has 1 aromatic heterocycles. The van der Waals surface area contributed by atoms with E-state index in [-0.39, 0.29) is 18.2 Å². The molecule has 0 aromatic carbocycles. The van der Waals surface area contributed by atoms with E-state index in [2.05, 4.69) is 30.6 Å². The summed E-state index contributed by atoms with van der Waals surface area (Å²) in [5.74, 6) is 0.884. The SMILES string of the molecule is CCCCc1c(CN)nc(OCCCN2CCOCC2)nc1N1CC(C)N(C(=O)OC(C)(C)C)C(C)C1. The lowest BCUT2D eigenvalue weighted by atomic mass is 10.0. The van der Waals surface area contributed by atoms with Crippen molar-refractivity contribution in [2.75, 3.05) is 57.4 Å². The zero-order valence-corrected chi connectivity index (χ0v) is 23.8. The predicted octanol–water partition coefficient (Wildman–Crippen LogP) is 3.21. The van der Waals surface area contributed by atoms with Crippen LogP contribution in [-0.4, -0.2) is 96.1 Å². The van der Waals surface area contributed by atoms with E-state index < -0.39 is 5.60 Å². The summed E-state index contributed by atoms with van der Waals surface area (Å²) < 4.78 is 17.2. The number of morpholine rings is 1. The summed E-state index contributed by atoms with van der Waals surface area (Å²) in [4.78, 5) is 29.0. The standard InChI is InChI=1S/C27H48N6O4/c1-7-8-10-22-23(17-28)29-25(36-14-9-11-31-12-15-35-16-13-31)30-24(22)32-18-20(2)33(21(3)19-32)26(34)37-27(4,5)6/h20-21H,7-19,28H2,1-6H3. The van der Waals surface area contributed by atoms with Gasteiger partial charge in [0.05, 0.1) is 37.6 Å². The molecule has 0 bridgehead atoms. The van der Waals surface area contributed by atoms with Gasteiger partial charge in [-0.3, -0.25) is 9.80 Å². The van der Waals surface area contributed by atoms with Crippen LogP contribution >= 0.6 is 0 Å². The first-order chi connectivity index (χ1) is 17.6. The normalized spacial score (nSPS) is 21.3. The quantitative estimate of drug-likeness (QED) is 0.465. The Bertz CT molecular complexity index is 859. The number of unbranched alkanes of at least 4 members (excludes halogenated alkanes) is 1. The number of nitrogens with two attached hydrogens (primary N) is 1. The Labute approximate surface area is 222 Å². The maximum atomic E-state index is 12.9. The highest BCUT2D eigenvalue weighted by atomic mass is 16.6. The van der Waals surface area contributed by atoms with Crippen molar-refractivity contribution < 1.29 is 19.0 Å². The topological polar surface area (TPSA) is 106 Å². The molecule has 2 unspecified atom stereocenters. The average molecular weight is 521 g/mol. The third kappa shape index (κ3) is 8.41. The van der Waals surface area contributed by atoms with Gasteiger partial charge in [0.15, 0.2) is 0 Å². The summed E-state index contributed by atoms with van der Waals surface area (Å²) in [5.41, 5.74) is 7.57. The van der Waals surface area contributed by atoms with Crippen LogP contribution in [0.2, 0.25) is 0 Å². The molecule has 0 aliphatic carbocycles. The molecule has 2 aliphatic rings. The second-order valence-electron chi connectivity index (χ2n) is 11.2. The van der Waals surface area contributed by atoms with E-state index >= 15 is 0 Å². The number of nitrogens with zero attached hydrogens (tertiary/aromatic N) is 5. The van der Waals surface area contributed by atoms with Gasteiger partial charge in [-0.25, -0.2) is 4.79 Å². The largest absolute Gasteiger partial charge is 0.463 e. The Balaban J connectivity index is 1.75. The van der Waals surface area contributed by atoms with E-state index in [1.807, 2.05) is 25.7 Å². The molecular weight excluding hydrogens is 472 g/mol. The first-order valence-electron chi connectivity index (χ1n) is 13.9. The number of hydrogen-bond donors (Lipinski definition) is 1. The molecule has 2 fully saturated rings. The number of piperazine rings is 1. The van der Waals surface area contributed by atoms with Crippen LogP contribution in [0.3, 0.4) is 0 Å². The molecule has 1 amide bonds. The first-order valence-corrected chi connectivity index (χ1v) is 13.9. The van der Waals surface area contributed by atoms with Gasteiger partial charge in [0.25, 0.3) is 0 Å². The number of hydrogen-bond acceptors (Lipinski definition) is 9. The maximum absolute atomic E-state index is 12.9. The maximum Gasteiger partial charge on any atom is 0.410 e. The van der Waals surface area contributed by atoms with Crippen LogP contribution in [0.15, 0.2) is 0 Å². The van der Waals surface area contributed by atoms with Crippen molar-refractivity contribution in [2.24, 2.45) is 5.73 Å². The van der Waals surface area contributed by atoms with Crippen molar-refractivity contribution in [3.8, 4) is 6.01 Å². The number of ether oxygens (including phenoxy) is 3. The van der Waals surface area contributed by atoms with Crippen molar-refractivity contribution in [3.05, 3.63) is 11.3 Å². The summed E-state index contributed by atoms with van der Waals surface area (Å²) in [6.07, 6.45) is 3.60. The minimum atomic E-state index is -0.530. The smallest absolute Gasteiger partial charge is 0.410 e. The number of anilines is 1. The van der Waals surface area contributed by atoms with E-state index in [9.17, 15) is 4.79 Å². The third-order valence-electron chi connectivity index (χ3n) is 6.80. The van der Waals surface area contributed by atoms with Gasteiger partial charge in [-0.2, -0.15) is 9.97 Å². The van der Waals surface area contributed by atoms with Gasteiger partial charge in [0, 0.05) is 44.8 Å². The number of rotatable bonds is 10. The molecular formula is C27H48N6O4. The highest BCUT2D eigenvalue weighted by Crippen LogP contribution is 2.30. The molecule has 0 spiro atoms. The molecule has 2 aliphatic heterocycles. The highest BCUT2D eigenvalue weighted by molar-refractivity contribution is 5.69. The molecule has 0 radical (unpaired) electrons. The van der Waals surface area contributed by atoms with Gasteiger partial charge in [0.2, 0.25) is 0 Å². The van der Waals surface area contributed by atoms with Gasteiger partial charge in [-0.15, -0.1) is 0 Å². The van der Waals surface area contributed by atoms with Crippen molar-refractivity contribution in [2.45, 2.75) is 91.5 Å². The van der Waals surface area contributed by atoms with Gasteiger partial charge in [-0.1, -0.05) is 13.3 Å². The van der Waals surface area contributed by atoms with E-state index in [1.165, 1.54) is 0 Å². The Morgan fingerprint density at radius 3 is 2.38 bits per heavy atom. The van der Waals surface area contributed by atoms with Gasteiger partial charge in [-0.05, 0) is 53.9 Å². The lowest BCUT2D eigenvalue weighted by Gasteiger charge is -2.45. The molecule has 0 saturated carbocycles. The minimum absolute atomic E-state index is 0.0354. The Kier molecular flexibility index (Phi) is 10.8. The lowest BCUT2D eigenvalue weighted by molar-refractivity contribution is 0.00557. The summed E-state index contributed by atoms with van der Waals surface area (Å²) in [6, 6.07) is 0.311. The van der Waals surface area contributed by atoms with Gasteiger partial charge in [0.1, 0.15) is 11.4 Å². The zero-order chi connectivity index (χ0) is 27.0. The van der Waals surface area contributed by atoms with Crippen LogP contribution < -0.4 is 15.4 Å². The molecule has 210 valence electrons. The van der Waals surface area contributed by atoms with Crippen molar-refractivity contribution in [1.29, 1.82) is 0 Å². The van der Waals surface area contributed by atoms with Gasteiger partial charge < -0.3 is 24.8 Å². The van der Waals surface area contributed by atoms with Crippen LogP contribution in [0.4, 0.5) is 10.6 Å². The third-order valence-corrected chi connectivity index (χ3v) is 6.80. The van der Waals surface area contributed by atoms with E-state index in [0.29, 0.717) is 32.3 Å². The van der Waals surface area contributed by atoms with Crippen molar-refractivity contribution in [3.63, 3.8) is 0 Å². The van der Waals surface area contributed by atoms with Crippen LogP contribution in [-0.2, 0) is 22.4 Å². The number of aromatic nitrogens is 2. The second-order valence-corrected chi connectivity index (χ2v) is 11.2. The van der Waals surface area contributed by atoms with Crippen LogP contribution in [0, 0.1) is 0 Å². The summed E-state index contributed by atoms with van der Waals surface area (Å²) in [7, 11) is 0. The number of carbonyl (C=O) groups excluding carboxylic acids is 1. The zero-order valence-electron chi connectivity index (χ0n) is 23.8. The molecule has 10 nitrogen and oxygen atoms in total. The fraction of sp³-hybridized carbons (Fsp3) is 0.815. The summed E-state index contributed by atoms with van der Waals surface area (Å²) in [5, 5.41) is 0. The van der Waals surface area contributed by atoms with Crippen molar-refractivity contribution >= 4 is 11.9 Å².